The van der Waals surface area contributed by atoms with Crippen LogP contribution in [0.15, 0.2) is 18.2 Å². The van der Waals surface area contributed by atoms with Crippen molar-refractivity contribution in [1.29, 1.82) is 0 Å². The van der Waals surface area contributed by atoms with E-state index in [-0.39, 0.29) is 30.4 Å². The molecule has 1 aromatic rings. The summed E-state index contributed by atoms with van der Waals surface area (Å²) in [5.41, 5.74) is 2.83. The number of nitrogens with zero attached hydrogens (tertiary/aromatic N) is 2. The van der Waals surface area contributed by atoms with Gasteiger partial charge in [0.25, 0.3) is 0 Å². The van der Waals surface area contributed by atoms with Gasteiger partial charge in [-0.2, -0.15) is 0 Å². The predicted molar refractivity (Wildman–Crippen MR) is 104 cm³/mol. The standard InChI is InChI=1S/C20H31N3O3/c1-6-14(2)23(19(24)13-26-5)12-16-11-17(9-10-18(16)22(3)4)21-20(25)15-7-8-15/h9-11,14-15H,6-8,12-13H2,1-5H3,(H,21,25)/t14-/m1/s1. The van der Waals surface area contributed by atoms with Gasteiger partial charge in [0.05, 0.1) is 0 Å². The number of carbonyl (C=O) groups excluding carboxylic acids is 2. The van der Waals surface area contributed by atoms with Gasteiger partial charge in [0, 0.05) is 51.1 Å². The molecule has 26 heavy (non-hydrogen) atoms. The lowest BCUT2D eigenvalue weighted by atomic mass is 10.1. The molecule has 0 spiro atoms. The summed E-state index contributed by atoms with van der Waals surface area (Å²) in [4.78, 5) is 28.5. The van der Waals surface area contributed by atoms with Crippen molar-refractivity contribution in [3.05, 3.63) is 23.8 Å². The fraction of sp³-hybridized carbons (Fsp3) is 0.600. The van der Waals surface area contributed by atoms with E-state index in [4.69, 9.17) is 4.74 Å². The van der Waals surface area contributed by atoms with Crippen molar-refractivity contribution < 1.29 is 14.3 Å². The van der Waals surface area contributed by atoms with Gasteiger partial charge < -0.3 is 19.9 Å². The highest BCUT2D eigenvalue weighted by molar-refractivity contribution is 5.94. The summed E-state index contributed by atoms with van der Waals surface area (Å²) in [5, 5.41) is 3.00. The summed E-state index contributed by atoms with van der Waals surface area (Å²) >= 11 is 0. The van der Waals surface area contributed by atoms with Crippen LogP contribution < -0.4 is 10.2 Å². The van der Waals surface area contributed by atoms with E-state index in [0.717, 1.165) is 36.2 Å². The number of amides is 2. The molecular weight excluding hydrogens is 330 g/mol. The average molecular weight is 361 g/mol. The number of ether oxygens (including phenoxy) is 1. The molecule has 1 N–H and O–H groups in total. The van der Waals surface area contributed by atoms with Crippen LogP contribution in [0.2, 0.25) is 0 Å². The van der Waals surface area contributed by atoms with Gasteiger partial charge in [0.15, 0.2) is 0 Å². The lowest BCUT2D eigenvalue weighted by Gasteiger charge is -2.30. The molecule has 0 heterocycles. The second-order valence-corrected chi connectivity index (χ2v) is 7.21. The van der Waals surface area contributed by atoms with Gasteiger partial charge in [0.2, 0.25) is 11.8 Å². The zero-order chi connectivity index (χ0) is 19.3. The highest BCUT2D eigenvalue weighted by Crippen LogP contribution is 2.31. The number of hydrogen-bond acceptors (Lipinski definition) is 4. The maximum Gasteiger partial charge on any atom is 0.249 e. The molecule has 0 saturated heterocycles. The topological polar surface area (TPSA) is 61.9 Å². The molecule has 144 valence electrons. The van der Waals surface area contributed by atoms with Crippen molar-refractivity contribution in [2.45, 2.75) is 45.7 Å². The lowest BCUT2D eigenvalue weighted by molar-refractivity contribution is -0.138. The second-order valence-electron chi connectivity index (χ2n) is 7.21. The normalized spacial score (nSPS) is 14.7. The molecule has 1 aromatic carbocycles. The maximum absolute atomic E-state index is 12.5. The third-order valence-corrected chi connectivity index (χ3v) is 4.83. The fourth-order valence-electron chi connectivity index (χ4n) is 2.92. The highest BCUT2D eigenvalue weighted by atomic mass is 16.5. The summed E-state index contributed by atoms with van der Waals surface area (Å²) < 4.78 is 5.05. The molecule has 1 fully saturated rings. The van der Waals surface area contributed by atoms with E-state index in [9.17, 15) is 9.59 Å². The van der Waals surface area contributed by atoms with Gasteiger partial charge >= 0.3 is 0 Å². The fourth-order valence-corrected chi connectivity index (χ4v) is 2.92. The van der Waals surface area contributed by atoms with Gasteiger partial charge in [-0.3, -0.25) is 9.59 Å². The van der Waals surface area contributed by atoms with Crippen LogP contribution in [-0.4, -0.2) is 50.6 Å². The zero-order valence-electron chi connectivity index (χ0n) is 16.5. The van der Waals surface area contributed by atoms with E-state index in [1.807, 2.05) is 49.0 Å². The van der Waals surface area contributed by atoms with Crippen molar-refractivity contribution in [2.75, 3.05) is 38.0 Å². The molecule has 0 bridgehead atoms. The van der Waals surface area contributed by atoms with Gasteiger partial charge in [-0.15, -0.1) is 0 Å². The Labute approximate surface area is 156 Å². The molecule has 6 nitrogen and oxygen atoms in total. The van der Waals surface area contributed by atoms with Crippen molar-refractivity contribution in [3.8, 4) is 0 Å². The Balaban J connectivity index is 2.26. The van der Waals surface area contributed by atoms with Crippen LogP contribution in [0, 0.1) is 5.92 Å². The number of methoxy groups -OCH3 is 1. The number of hydrogen-bond donors (Lipinski definition) is 1. The van der Waals surface area contributed by atoms with Crippen molar-refractivity contribution >= 4 is 23.2 Å². The third kappa shape index (κ3) is 5.21. The summed E-state index contributed by atoms with van der Waals surface area (Å²) in [6.45, 7) is 4.66. The molecule has 1 aliphatic rings. The van der Waals surface area contributed by atoms with E-state index >= 15 is 0 Å². The maximum atomic E-state index is 12.5. The number of benzene rings is 1. The molecule has 6 heteroatoms. The summed E-state index contributed by atoms with van der Waals surface area (Å²) in [7, 11) is 5.49. The number of carbonyl (C=O) groups is 2. The third-order valence-electron chi connectivity index (χ3n) is 4.83. The Morgan fingerprint density at radius 2 is 2.00 bits per heavy atom. The zero-order valence-corrected chi connectivity index (χ0v) is 16.5. The van der Waals surface area contributed by atoms with E-state index in [1.165, 1.54) is 7.11 Å². The molecular formula is C20H31N3O3. The molecule has 2 amide bonds. The first-order valence-electron chi connectivity index (χ1n) is 9.26. The van der Waals surface area contributed by atoms with Crippen LogP contribution in [0.25, 0.3) is 0 Å². The number of rotatable bonds is 9. The van der Waals surface area contributed by atoms with Crippen LogP contribution in [0.1, 0.15) is 38.7 Å². The first-order valence-corrected chi connectivity index (χ1v) is 9.26. The van der Waals surface area contributed by atoms with E-state index in [2.05, 4.69) is 12.2 Å². The quantitative estimate of drug-likeness (QED) is 0.735. The summed E-state index contributed by atoms with van der Waals surface area (Å²) in [6, 6.07) is 6.00. The van der Waals surface area contributed by atoms with E-state index in [1.54, 1.807) is 0 Å². The minimum atomic E-state index is -0.0287. The van der Waals surface area contributed by atoms with Gasteiger partial charge in [0.1, 0.15) is 6.61 Å². The molecule has 0 aliphatic heterocycles. The Morgan fingerprint density at radius 3 is 2.54 bits per heavy atom. The second kappa shape index (κ2) is 9.03. The molecule has 0 unspecified atom stereocenters. The monoisotopic (exact) mass is 361 g/mol. The van der Waals surface area contributed by atoms with Crippen LogP contribution in [-0.2, 0) is 20.9 Å². The SMILES string of the molecule is CC[C@@H](C)N(Cc1cc(NC(=O)C2CC2)ccc1N(C)C)C(=O)COC. The van der Waals surface area contributed by atoms with Crippen molar-refractivity contribution in [1.82, 2.24) is 4.90 Å². The summed E-state index contributed by atoms with van der Waals surface area (Å²) in [5.74, 6) is 0.216. The first-order chi connectivity index (χ1) is 12.4. The molecule has 0 radical (unpaired) electrons. The molecule has 1 aliphatic carbocycles. The van der Waals surface area contributed by atoms with Gasteiger partial charge in [-0.05, 0) is 49.9 Å². The van der Waals surface area contributed by atoms with Crippen LogP contribution in [0.3, 0.4) is 0 Å². The predicted octanol–water partition coefficient (Wildman–Crippen LogP) is 2.87. The summed E-state index contributed by atoms with van der Waals surface area (Å²) in [6.07, 6.45) is 2.81. The Hall–Kier alpha value is -2.08. The molecule has 1 atom stereocenters. The number of anilines is 2. The van der Waals surface area contributed by atoms with Crippen LogP contribution in [0.5, 0.6) is 0 Å². The van der Waals surface area contributed by atoms with E-state index < -0.39 is 0 Å². The van der Waals surface area contributed by atoms with Crippen molar-refractivity contribution in [2.24, 2.45) is 5.92 Å². The average Bonchev–Trinajstić information content (AvgIpc) is 3.44. The first kappa shape index (κ1) is 20.2. The Kier molecular flexibility index (Phi) is 7.03. The van der Waals surface area contributed by atoms with Crippen molar-refractivity contribution in [3.63, 3.8) is 0 Å². The highest BCUT2D eigenvalue weighted by Gasteiger charge is 2.29. The molecule has 1 saturated carbocycles. The Bertz CT molecular complexity index is 641. The molecule has 0 aromatic heterocycles. The minimum absolute atomic E-state index is 0.0287. The smallest absolute Gasteiger partial charge is 0.249 e. The minimum Gasteiger partial charge on any atom is -0.377 e. The van der Waals surface area contributed by atoms with Crippen LogP contribution >= 0.6 is 0 Å². The Morgan fingerprint density at radius 1 is 1.31 bits per heavy atom. The molecule has 2 rings (SSSR count). The lowest BCUT2D eigenvalue weighted by Crippen LogP contribution is -2.40. The number of nitrogens with one attached hydrogen (secondary N) is 1. The van der Waals surface area contributed by atoms with E-state index in [0.29, 0.717) is 6.54 Å². The van der Waals surface area contributed by atoms with Gasteiger partial charge in [-0.25, -0.2) is 0 Å². The largest absolute Gasteiger partial charge is 0.377 e. The van der Waals surface area contributed by atoms with Gasteiger partial charge in [-0.1, -0.05) is 6.92 Å². The van der Waals surface area contributed by atoms with Crippen LogP contribution in [0.4, 0.5) is 11.4 Å².